The molecule has 2 aromatic rings. The third-order valence-electron chi connectivity index (χ3n) is 5.32. The lowest BCUT2D eigenvalue weighted by atomic mass is 9.92. The molecule has 0 bridgehead atoms. The van der Waals surface area contributed by atoms with Crippen molar-refractivity contribution in [1.29, 1.82) is 0 Å². The van der Waals surface area contributed by atoms with Crippen LogP contribution in [0.25, 0.3) is 0 Å². The van der Waals surface area contributed by atoms with Crippen LogP contribution < -0.4 is 21.1 Å². The van der Waals surface area contributed by atoms with Gasteiger partial charge in [-0.2, -0.15) is 4.98 Å². The van der Waals surface area contributed by atoms with E-state index in [0.717, 1.165) is 25.9 Å². The Hall–Kier alpha value is -2.87. The van der Waals surface area contributed by atoms with Gasteiger partial charge in [0.15, 0.2) is 0 Å². The molecule has 152 valence electrons. The zero-order chi connectivity index (χ0) is 20.5. The number of rotatable bonds is 3. The Bertz CT molecular complexity index is 1000. The molecule has 1 saturated heterocycles. The minimum atomic E-state index is -0.917. The zero-order valence-corrected chi connectivity index (χ0v) is 16.8. The van der Waals surface area contributed by atoms with Gasteiger partial charge in [0.2, 0.25) is 17.8 Å². The number of halogens is 1. The lowest BCUT2D eigenvalue weighted by Gasteiger charge is -2.32. The highest BCUT2D eigenvalue weighted by Crippen LogP contribution is 2.31. The van der Waals surface area contributed by atoms with E-state index in [1.807, 2.05) is 4.90 Å². The number of fused-ring (bicyclic) bond motifs is 1. The van der Waals surface area contributed by atoms with Gasteiger partial charge >= 0.3 is 0 Å². The summed E-state index contributed by atoms with van der Waals surface area (Å²) in [5, 5.41) is 5.94. The van der Waals surface area contributed by atoms with E-state index in [1.54, 1.807) is 24.3 Å². The first-order valence-corrected chi connectivity index (χ1v) is 10.0. The normalized spacial score (nSPS) is 21.3. The molecule has 0 unspecified atom stereocenters. The lowest BCUT2D eigenvalue weighted by molar-refractivity contribution is -0.123. The molecule has 2 atom stereocenters. The summed E-state index contributed by atoms with van der Waals surface area (Å²) in [4.78, 5) is 47.2. The molecule has 4 rings (SSSR count). The van der Waals surface area contributed by atoms with Gasteiger partial charge in [-0.15, -0.1) is 0 Å². The number of aromatic nitrogens is 2. The van der Waals surface area contributed by atoms with Crippen LogP contribution in [0.1, 0.15) is 37.7 Å². The number of carbonyl (C=O) groups is 2. The number of benzene rings is 1. The van der Waals surface area contributed by atoms with E-state index in [-0.39, 0.29) is 23.7 Å². The number of carbonyl (C=O) groups excluding carboxylic acids is 2. The molecule has 2 aliphatic rings. The first-order chi connectivity index (χ1) is 13.9. The van der Waals surface area contributed by atoms with Crippen LogP contribution in [0.5, 0.6) is 0 Å². The van der Waals surface area contributed by atoms with Gasteiger partial charge < -0.3 is 15.5 Å². The van der Waals surface area contributed by atoms with Crippen molar-refractivity contribution in [3.8, 4) is 0 Å². The molecular formula is C20H22ClN5O3. The molecule has 0 saturated carbocycles. The summed E-state index contributed by atoms with van der Waals surface area (Å²) < 4.78 is 0. The lowest BCUT2D eigenvalue weighted by Crippen LogP contribution is -2.40. The molecule has 2 amide bonds. The first kappa shape index (κ1) is 19.4. The number of hydrogen-bond acceptors (Lipinski definition) is 5. The molecule has 0 spiro atoms. The Kier molecular flexibility index (Phi) is 5.27. The van der Waals surface area contributed by atoms with E-state index in [2.05, 4.69) is 27.5 Å². The van der Waals surface area contributed by atoms with Crippen molar-refractivity contribution in [1.82, 2.24) is 9.97 Å². The summed E-state index contributed by atoms with van der Waals surface area (Å²) in [6, 6.07) is 6.62. The Balaban J connectivity index is 1.63. The van der Waals surface area contributed by atoms with Crippen LogP contribution in [-0.4, -0.2) is 34.9 Å². The molecule has 0 radical (unpaired) electrons. The van der Waals surface area contributed by atoms with Crippen molar-refractivity contribution >= 4 is 40.9 Å². The third kappa shape index (κ3) is 4.12. The molecule has 2 aliphatic heterocycles. The van der Waals surface area contributed by atoms with Crippen LogP contribution in [0, 0.1) is 5.92 Å². The minimum absolute atomic E-state index is 0.114. The molecule has 3 heterocycles. The van der Waals surface area contributed by atoms with Crippen LogP contribution in [0.3, 0.4) is 0 Å². The number of piperidine rings is 1. The zero-order valence-electron chi connectivity index (χ0n) is 16.0. The van der Waals surface area contributed by atoms with Crippen molar-refractivity contribution in [2.45, 2.75) is 32.1 Å². The van der Waals surface area contributed by atoms with Crippen molar-refractivity contribution < 1.29 is 9.59 Å². The smallest absolute Gasteiger partial charge is 0.258 e. The van der Waals surface area contributed by atoms with E-state index in [9.17, 15) is 14.4 Å². The fourth-order valence-corrected chi connectivity index (χ4v) is 4.00. The number of H-pyrrole nitrogens is 1. The number of nitrogens with one attached hydrogen (secondary N) is 3. The highest BCUT2D eigenvalue weighted by molar-refractivity contribution is 6.30. The Morgan fingerprint density at radius 3 is 2.76 bits per heavy atom. The first-order valence-electron chi connectivity index (χ1n) is 9.66. The average molecular weight is 416 g/mol. The maximum Gasteiger partial charge on any atom is 0.258 e. The SMILES string of the molecule is C[C@@H]1CCCN(c2nc3c(c(=O)[nH]2)[C@@H](C(=O)Nc2ccc(Cl)cc2)CC(=O)N3)C1. The molecule has 29 heavy (non-hydrogen) atoms. The quantitative estimate of drug-likeness (QED) is 0.714. The Labute approximate surface area is 172 Å². The molecule has 1 aromatic heterocycles. The highest BCUT2D eigenvalue weighted by Gasteiger charge is 2.35. The van der Waals surface area contributed by atoms with Gasteiger partial charge in [-0.1, -0.05) is 18.5 Å². The number of hydrogen-bond donors (Lipinski definition) is 3. The molecule has 3 N–H and O–H groups in total. The van der Waals surface area contributed by atoms with Crippen LogP contribution in [0.15, 0.2) is 29.1 Å². The summed E-state index contributed by atoms with van der Waals surface area (Å²) >= 11 is 5.87. The predicted octanol–water partition coefficient (Wildman–Crippen LogP) is 2.72. The van der Waals surface area contributed by atoms with E-state index in [4.69, 9.17) is 11.6 Å². The average Bonchev–Trinajstić information content (AvgIpc) is 2.68. The van der Waals surface area contributed by atoms with Gasteiger partial charge in [0.1, 0.15) is 5.82 Å². The Morgan fingerprint density at radius 1 is 1.28 bits per heavy atom. The van der Waals surface area contributed by atoms with E-state index in [1.165, 1.54) is 0 Å². The molecule has 8 nitrogen and oxygen atoms in total. The summed E-state index contributed by atoms with van der Waals surface area (Å²) in [7, 11) is 0. The summed E-state index contributed by atoms with van der Waals surface area (Å²) in [6.07, 6.45) is 2.03. The molecule has 1 fully saturated rings. The largest absolute Gasteiger partial charge is 0.342 e. The topological polar surface area (TPSA) is 107 Å². The molecular weight excluding hydrogens is 394 g/mol. The number of amides is 2. The number of anilines is 3. The van der Waals surface area contributed by atoms with Gasteiger partial charge in [0.25, 0.3) is 5.56 Å². The fourth-order valence-electron chi connectivity index (χ4n) is 3.88. The molecule has 0 aliphatic carbocycles. The van der Waals surface area contributed by atoms with Gasteiger partial charge in [0, 0.05) is 30.2 Å². The standard InChI is InChI=1S/C20H22ClN5O3/c1-11-3-2-8-26(10-11)20-24-17-16(19(29)25-20)14(9-15(27)23-17)18(28)22-13-6-4-12(21)5-7-13/h4-7,11,14H,2-3,8-10H2,1H3,(H,22,28)(H2,23,24,25,27,29)/t11-,14+/m1/s1. The van der Waals surface area contributed by atoms with Crippen LogP contribution >= 0.6 is 11.6 Å². The highest BCUT2D eigenvalue weighted by atomic mass is 35.5. The van der Waals surface area contributed by atoms with Gasteiger partial charge in [0.05, 0.1) is 11.5 Å². The van der Waals surface area contributed by atoms with Gasteiger partial charge in [-0.3, -0.25) is 19.4 Å². The summed E-state index contributed by atoms with van der Waals surface area (Å²) in [6.45, 7) is 3.73. The van der Waals surface area contributed by atoms with Crippen molar-refractivity contribution in [3.63, 3.8) is 0 Å². The third-order valence-corrected chi connectivity index (χ3v) is 5.58. The van der Waals surface area contributed by atoms with Gasteiger partial charge in [-0.05, 0) is 43.0 Å². The monoisotopic (exact) mass is 415 g/mol. The van der Waals surface area contributed by atoms with Crippen molar-refractivity contribution in [3.05, 3.63) is 45.2 Å². The maximum absolute atomic E-state index is 12.9. The molecule has 1 aromatic carbocycles. The summed E-state index contributed by atoms with van der Waals surface area (Å²) in [5.74, 6) is -0.605. The minimum Gasteiger partial charge on any atom is -0.342 e. The Morgan fingerprint density at radius 2 is 2.03 bits per heavy atom. The van der Waals surface area contributed by atoms with Crippen LogP contribution in [-0.2, 0) is 9.59 Å². The number of nitrogens with zero attached hydrogens (tertiary/aromatic N) is 2. The van der Waals surface area contributed by atoms with Crippen LogP contribution in [0.2, 0.25) is 5.02 Å². The van der Waals surface area contributed by atoms with E-state index in [0.29, 0.717) is 22.6 Å². The maximum atomic E-state index is 12.9. The second-order valence-electron chi connectivity index (χ2n) is 7.65. The van der Waals surface area contributed by atoms with Crippen molar-refractivity contribution in [2.24, 2.45) is 5.92 Å². The number of aromatic amines is 1. The van der Waals surface area contributed by atoms with E-state index < -0.39 is 17.4 Å². The summed E-state index contributed by atoms with van der Waals surface area (Å²) in [5.41, 5.74) is 0.319. The van der Waals surface area contributed by atoms with Crippen LogP contribution in [0.4, 0.5) is 17.5 Å². The fraction of sp³-hybridized carbons (Fsp3) is 0.400. The second-order valence-corrected chi connectivity index (χ2v) is 8.08. The van der Waals surface area contributed by atoms with E-state index >= 15 is 0 Å². The molecule has 9 heteroatoms. The van der Waals surface area contributed by atoms with Crippen molar-refractivity contribution in [2.75, 3.05) is 28.6 Å². The second kappa shape index (κ2) is 7.87. The van der Waals surface area contributed by atoms with Gasteiger partial charge in [-0.25, -0.2) is 0 Å². The predicted molar refractivity (Wildman–Crippen MR) is 112 cm³/mol.